The monoisotopic (exact) mass is 182 g/mol. The topological polar surface area (TPSA) is 67.8 Å². The standard InChI is InChI=1S/C8H10N2O3/c1-3-6-9-5(8(12)10-6)4-7(11)13-2/h4H,3H2,1-2H3,(H,9,10,12)/b5-4+. The summed E-state index contributed by atoms with van der Waals surface area (Å²) in [7, 11) is 1.25. The molecule has 0 fully saturated rings. The van der Waals surface area contributed by atoms with E-state index in [0.29, 0.717) is 12.3 Å². The van der Waals surface area contributed by atoms with Gasteiger partial charge in [-0.1, -0.05) is 6.92 Å². The molecule has 1 aliphatic heterocycles. The Hall–Kier alpha value is -1.65. The van der Waals surface area contributed by atoms with Crippen LogP contribution in [-0.4, -0.2) is 24.8 Å². The van der Waals surface area contributed by atoms with Crippen LogP contribution in [0.3, 0.4) is 0 Å². The molecule has 0 saturated carbocycles. The number of carbonyl (C=O) groups excluding carboxylic acids is 2. The minimum atomic E-state index is -0.578. The van der Waals surface area contributed by atoms with Gasteiger partial charge >= 0.3 is 5.97 Å². The van der Waals surface area contributed by atoms with Crippen molar-refractivity contribution in [3.05, 3.63) is 11.8 Å². The number of amides is 1. The summed E-state index contributed by atoms with van der Waals surface area (Å²) in [6.07, 6.45) is 1.70. The number of esters is 1. The van der Waals surface area contributed by atoms with Gasteiger partial charge in [-0.15, -0.1) is 0 Å². The number of aliphatic imine (C=N–C) groups is 1. The number of nitrogens with one attached hydrogen (secondary N) is 1. The second-order valence-corrected chi connectivity index (χ2v) is 2.42. The zero-order valence-electron chi connectivity index (χ0n) is 7.46. The number of ether oxygens (including phenoxy) is 1. The number of methoxy groups -OCH3 is 1. The van der Waals surface area contributed by atoms with Crippen molar-refractivity contribution >= 4 is 17.7 Å². The van der Waals surface area contributed by atoms with Crippen LogP contribution in [-0.2, 0) is 14.3 Å². The van der Waals surface area contributed by atoms with Crippen molar-refractivity contribution in [3.8, 4) is 0 Å². The Bertz CT molecular complexity index is 305. The molecule has 1 rings (SSSR count). The van der Waals surface area contributed by atoms with Gasteiger partial charge in [0.1, 0.15) is 11.5 Å². The fourth-order valence-corrected chi connectivity index (χ4v) is 0.855. The molecule has 1 N–H and O–H groups in total. The highest BCUT2D eigenvalue weighted by Gasteiger charge is 2.19. The molecule has 0 aromatic rings. The first-order chi connectivity index (χ1) is 6.17. The summed E-state index contributed by atoms with van der Waals surface area (Å²) in [6, 6.07) is 0. The third-order valence-electron chi connectivity index (χ3n) is 1.54. The number of hydrogen-bond donors (Lipinski definition) is 1. The Morgan fingerprint density at radius 3 is 2.85 bits per heavy atom. The summed E-state index contributed by atoms with van der Waals surface area (Å²) in [4.78, 5) is 25.7. The van der Waals surface area contributed by atoms with E-state index < -0.39 is 5.97 Å². The van der Waals surface area contributed by atoms with Crippen LogP contribution in [0.5, 0.6) is 0 Å². The molecule has 70 valence electrons. The molecule has 0 aromatic carbocycles. The molecule has 1 aliphatic rings. The van der Waals surface area contributed by atoms with Crippen LogP contribution in [0.1, 0.15) is 13.3 Å². The minimum Gasteiger partial charge on any atom is -0.466 e. The third kappa shape index (κ3) is 2.14. The maximum absolute atomic E-state index is 11.1. The van der Waals surface area contributed by atoms with Crippen LogP contribution in [0, 0.1) is 0 Å². The fraction of sp³-hybridized carbons (Fsp3) is 0.375. The molecular formula is C8H10N2O3. The van der Waals surface area contributed by atoms with Crippen molar-refractivity contribution < 1.29 is 14.3 Å². The van der Waals surface area contributed by atoms with Gasteiger partial charge in [-0.2, -0.15) is 0 Å². The van der Waals surface area contributed by atoms with Crippen molar-refractivity contribution in [1.82, 2.24) is 5.32 Å². The molecule has 0 radical (unpaired) electrons. The van der Waals surface area contributed by atoms with E-state index in [0.717, 1.165) is 6.08 Å². The summed E-state index contributed by atoms with van der Waals surface area (Å²) in [5, 5.41) is 2.52. The van der Waals surface area contributed by atoms with Crippen molar-refractivity contribution in [1.29, 1.82) is 0 Å². The first-order valence-electron chi connectivity index (χ1n) is 3.86. The van der Waals surface area contributed by atoms with Crippen LogP contribution in [0.2, 0.25) is 0 Å². The SMILES string of the molecule is CCC1=N/C(=C/C(=O)OC)C(=O)N1. The molecule has 0 aromatic heterocycles. The van der Waals surface area contributed by atoms with E-state index in [1.165, 1.54) is 7.11 Å². The largest absolute Gasteiger partial charge is 0.466 e. The van der Waals surface area contributed by atoms with E-state index in [1.807, 2.05) is 6.92 Å². The Morgan fingerprint density at radius 1 is 1.69 bits per heavy atom. The van der Waals surface area contributed by atoms with E-state index in [1.54, 1.807) is 0 Å². The molecular weight excluding hydrogens is 172 g/mol. The van der Waals surface area contributed by atoms with Crippen LogP contribution < -0.4 is 5.32 Å². The summed E-state index contributed by atoms with van der Waals surface area (Å²) in [5.41, 5.74) is 0.101. The van der Waals surface area contributed by atoms with Crippen molar-refractivity contribution in [3.63, 3.8) is 0 Å². The van der Waals surface area contributed by atoms with Gasteiger partial charge < -0.3 is 10.1 Å². The number of amidine groups is 1. The van der Waals surface area contributed by atoms with Crippen LogP contribution >= 0.6 is 0 Å². The smallest absolute Gasteiger partial charge is 0.332 e. The van der Waals surface area contributed by atoms with E-state index in [4.69, 9.17) is 0 Å². The van der Waals surface area contributed by atoms with Gasteiger partial charge in [0.25, 0.3) is 5.91 Å². The average molecular weight is 182 g/mol. The molecule has 0 aliphatic carbocycles. The van der Waals surface area contributed by atoms with Crippen LogP contribution in [0.25, 0.3) is 0 Å². The lowest BCUT2D eigenvalue weighted by Crippen LogP contribution is -2.23. The molecule has 5 heteroatoms. The summed E-state index contributed by atoms with van der Waals surface area (Å²) >= 11 is 0. The quantitative estimate of drug-likeness (QED) is 0.482. The molecule has 0 bridgehead atoms. The second kappa shape index (κ2) is 3.84. The predicted molar refractivity (Wildman–Crippen MR) is 46.0 cm³/mol. The molecule has 13 heavy (non-hydrogen) atoms. The minimum absolute atomic E-state index is 0.101. The Labute approximate surface area is 75.5 Å². The lowest BCUT2D eigenvalue weighted by atomic mass is 10.4. The lowest BCUT2D eigenvalue weighted by Gasteiger charge is -1.91. The van der Waals surface area contributed by atoms with Gasteiger partial charge in [0, 0.05) is 6.42 Å². The maximum Gasteiger partial charge on any atom is 0.332 e. The molecule has 0 atom stereocenters. The zero-order valence-corrected chi connectivity index (χ0v) is 7.46. The van der Waals surface area contributed by atoms with E-state index >= 15 is 0 Å². The zero-order chi connectivity index (χ0) is 9.84. The highest BCUT2D eigenvalue weighted by molar-refractivity contribution is 6.14. The third-order valence-corrected chi connectivity index (χ3v) is 1.54. The Balaban J connectivity index is 2.81. The lowest BCUT2D eigenvalue weighted by molar-refractivity contribution is -0.135. The van der Waals surface area contributed by atoms with Gasteiger partial charge in [0.05, 0.1) is 13.2 Å². The molecule has 1 amide bonds. The maximum atomic E-state index is 11.1. The molecule has 1 heterocycles. The number of nitrogens with zero attached hydrogens (tertiary/aromatic N) is 1. The van der Waals surface area contributed by atoms with Gasteiger partial charge in [-0.25, -0.2) is 9.79 Å². The summed E-state index contributed by atoms with van der Waals surface area (Å²) < 4.78 is 4.36. The highest BCUT2D eigenvalue weighted by Crippen LogP contribution is 2.06. The average Bonchev–Trinajstić information content (AvgIpc) is 2.47. The number of hydrogen-bond acceptors (Lipinski definition) is 4. The molecule has 0 saturated heterocycles. The predicted octanol–water partition coefficient (Wildman–Crippen LogP) is -0.0184. The highest BCUT2D eigenvalue weighted by atomic mass is 16.5. The first kappa shape index (κ1) is 9.44. The summed E-state index contributed by atoms with van der Waals surface area (Å²) in [5.74, 6) is -0.367. The Morgan fingerprint density at radius 2 is 2.38 bits per heavy atom. The second-order valence-electron chi connectivity index (χ2n) is 2.42. The van der Waals surface area contributed by atoms with Gasteiger partial charge in [0.2, 0.25) is 0 Å². The summed E-state index contributed by atoms with van der Waals surface area (Å²) in [6.45, 7) is 1.86. The van der Waals surface area contributed by atoms with Crippen LogP contribution in [0.15, 0.2) is 16.8 Å². The van der Waals surface area contributed by atoms with E-state index in [2.05, 4.69) is 15.0 Å². The van der Waals surface area contributed by atoms with Crippen molar-refractivity contribution in [2.45, 2.75) is 13.3 Å². The van der Waals surface area contributed by atoms with Gasteiger partial charge in [0.15, 0.2) is 0 Å². The van der Waals surface area contributed by atoms with Crippen molar-refractivity contribution in [2.75, 3.05) is 7.11 Å². The molecule has 0 unspecified atom stereocenters. The van der Waals surface area contributed by atoms with Crippen molar-refractivity contribution in [2.24, 2.45) is 4.99 Å². The normalized spacial score (nSPS) is 18.5. The molecule has 5 nitrogen and oxygen atoms in total. The number of carbonyl (C=O) groups is 2. The van der Waals surface area contributed by atoms with E-state index in [9.17, 15) is 9.59 Å². The fourth-order valence-electron chi connectivity index (χ4n) is 0.855. The first-order valence-corrected chi connectivity index (χ1v) is 3.86. The number of rotatable bonds is 2. The Kier molecular flexibility index (Phi) is 2.79. The van der Waals surface area contributed by atoms with E-state index in [-0.39, 0.29) is 11.6 Å². The molecule has 0 spiro atoms. The van der Waals surface area contributed by atoms with Gasteiger partial charge in [-0.05, 0) is 0 Å². The van der Waals surface area contributed by atoms with Crippen LogP contribution in [0.4, 0.5) is 0 Å². The van der Waals surface area contributed by atoms with Gasteiger partial charge in [-0.3, -0.25) is 4.79 Å².